The van der Waals surface area contributed by atoms with E-state index >= 15 is 0 Å². The fourth-order valence-corrected chi connectivity index (χ4v) is 3.26. The van der Waals surface area contributed by atoms with E-state index in [1.807, 2.05) is 19.1 Å². The molecule has 112 valence electrons. The molecule has 0 atom stereocenters. The summed E-state index contributed by atoms with van der Waals surface area (Å²) in [6.45, 7) is 6.53. The highest BCUT2D eigenvalue weighted by molar-refractivity contribution is 6.00. The molecule has 2 aromatic carbocycles. The van der Waals surface area contributed by atoms with Gasteiger partial charge in [-0.1, -0.05) is 62.4 Å². The van der Waals surface area contributed by atoms with Gasteiger partial charge in [-0.3, -0.25) is 0 Å². The van der Waals surface area contributed by atoms with Crippen molar-refractivity contribution in [2.75, 3.05) is 6.61 Å². The molecule has 0 N–H and O–H groups in total. The summed E-state index contributed by atoms with van der Waals surface area (Å²) in [5.41, 5.74) is 5.54. The number of hydrogen-bond acceptors (Lipinski definition) is 2. The van der Waals surface area contributed by atoms with Gasteiger partial charge in [-0.2, -0.15) is 0 Å². The molecule has 0 aromatic heterocycles. The first-order valence-corrected chi connectivity index (χ1v) is 7.64. The largest absolute Gasteiger partial charge is 0.463 e. The summed E-state index contributed by atoms with van der Waals surface area (Å²) in [5, 5.41) is 0. The van der Waals surface area contributed by atoms with Crippen molar-refractivity contribution in [2.24, 2.45) is 0 Å². The molecule has 2 heteroatoms. The molecule has 0 saturated carbocycles. The van der Waals surface area contributed by atoms with E-state index in [1.165, 1.54) is 16.7 Å². The van der Waals surface area contributed by atoms with E-state index in [0.717, 1.165) is 11.1 Å². The normalized spacial score (nSPS) is 16.8. The molecule has 3 rings (SSSR count). The van der Waals surface area contributed by atoms with Crippen LogP contribution in [0, 0.1) is 0 Å². The number of hydrogen-bond donors (Lipinski definition) is 0. The predicted molar refractivity (Wildman–Crippen MR) is 89.5 cm³/mol. The Bertz CT molecular complexity index is 754. The third-order valence-electron chi connectivity index (χ3n) is 4.33. The molecule has 0 heterocycles. The van der Waals surface area contributed by atoms with Crippen LogP contribution in [0.25, 0.3) is 16.7 Å². The third-order valence-corrected chi connectivity index (χ3v) is 4.33. The zero-order valence-electron chi connectivity index (χ0n) is 13.2. The van der Waals surface area contributed by atoms with Crippen LogP contribution in [0.1, 0.15) is 31.9 Å². The first-order chi connectivity index (χ1) is 10.6. The molecule has 0 fully saturated rings. The van der Waals surface area contributed by atoms with Crippen molar-refractivity contribution in [2.45, 2.75) is 26.2 Å². The quantitative estimate of drug-likeness (QED) is 0.597. The number of fused-ring (bicyclic) bond motifs is 3. The monoisotopic (exact) mass is 292 g/mol. The van der Waals surface area contributed by atoms with Gasteiger partial charge in [-0.25, -0.2) is 4.79 Å². The lowest BCUT2D eigenvalue weighted by molar-refractivity contribution is -0.137. The van der Waals surface area contributed by atoms with Gasteiger partial charge in [0.1, 0.15) is 0 Å². The van der Waals surface area contributed by atoms with Crippen molar-refractivity contribution >= 4 is 11.5 Å². The number of rotatable bonds is 2. The molecule has 0 saturated heterocycles. The summed E-state index contributed by atoms with van der Waals surface area (Å²) in [6.07, 6.45) is 1.65. The van der Waals surface area contributed by atoms with Gasteiger partial charge in [0.25, 0.3) is 0 Å². The minimum atomic E-state index is -0.278. The highest BCUT2D eigenvalue weighted by Crippen LogP contribution is 2.49. The van der Waals surface area contributed by atoms with Crippen molar-refractivity contribution < 1.29 is 9.53 Å². The second-order valence-corrected chi connectivity index (χ2v) is 6.03. The van der Waals surface area contributed by atoms with Gasteiger partial charge in [-0.15, -0.1) is 0 Å². The van der Waals surface area contributed by atoms with Gasteiger partial charge in [-0.05, 0) is 34.8 Å². The first-order valence-electron chi connectivity index (χ1n) is 7.64. The first kappa shape index (κ1) is 14.6. The SMILES string of the molecule is CCOC(=O)/C=C1\c2ccccc2-c2ccccc2C1(C)C. The second-order valence-electron chi connectivity index (χ2n) is 6.03. The van der Waals surface area contributed by atoms with Crippen LogP contribution in [0.5, 0.6) is 0 Å². The number of allylic oxidation sites excluding steroid dienone is 1. The van der Waals surface area contributed by atoms with E-state index in [-0.39, 0.29) is 11.4 Å². The van der Waals surface area contributed by atoms with Crippen LogP contribution in [-0.2, 0) is 14.9 Å². The number of esters is 1. The van der Waals surface area contributed by atoms with Crippen molar-refractivity contribution in [3.8, 4) is 11.1 Å². The fourth-order valence-electron chi connectivity index (χ4n) is 3.26. The average molecular weight is 292 g/mol. The minimum absolute atomic E-state index is 0.238. The van der Waals surface area contributed by atoms with E-state index in [1.54, 1.807) is 6.08 Å². The van der Waals surface area contributed by atoms with Crippen LogP contribution in [0.4, 0.5) is 0 Å². The third kappa shape index (κ3) is 2.25. The van der Waals surface area contributed by atoms with E-state index in [9.17, 15) is 4.79 Å². The Kier molecular flexibility index (Phi) is 3.61. The summed E-state index contributed by atoms with van der Waals surface area (Å²) in [7, 11) is 0. The van der Waals surface area contributed by atoms with Gasteiger partial charge in [0.15, 0.2) is 0 Å². The summed E-state index contributed by atoms with van der Waals surface area (Å²) in [5.74, 6) is -0.278. The van der Waals surface area contributed by atoms with Crippen molar-refractivity contribution in [1.82, 2.24) is 0 Å². The van der Waals surface area contributed by atoms with Crippen LogP contribution in [0.2, 0.25) is 0 Å². The van der Waals surface area contributed by atoms with E-state index in [2.05, 4.69) is 50.2 Å². The molecule has 0 aliphatic heterocycles. The van der Waals surface area contributed by atoms with Crippen LogP contribution >= 0.6 is 0 Å². The van der Waals surface area contributed by atoms with Gasteiger partial charge in [0.2, 0.25) is 0 Å². The molecule has 0 unspecified atom stereocenters. The molecule has 0 spiro atoms. The molecule has 2 nitrogen and oxygen atoms in total. The Morgan fingerprint density at radius 3 is 2.27 bits per heavy atom. The smallest absolute Gasteiger partial charge is 0.331 e. The Balaban J connectivity index is 2.26. The molecule has 2 aromatic rings. The predicted octanol–water partition coefficient (Wildman–Crippen LogP) is 4.59. The van der Waals surface area contributed by atoms with E-state index in [0.29, 0.717) is 6.61 Å². The molecule has 0 bridgehead atoms. The van der Waals surface area contributed by atoms with E-state index < -0.39 is 0 Å². The van der Waals surface area contributed by atoms with Gasteiger partial charge < -0.3 is 4.74 Å². The zero-order valence-corrected chi connectivity index (χ0v) is 13.2. The maximum Gasteiger partial charge on any atom is 0.331 e. The van der Waals surface area contributed by atoms with Crippen LogP contribution in [0.3, 0.4) is 0 Å². The Morgan fingerprint density at radius 1 is 1.00 bits per heavy atom. The average Bonchev–Trinajstić information content (AvgIpc) is 2.52. The summed E-state index contributed by atoms with van der Waals surface area (Å²) >= 11 is 0. The minimum Gasteiger partial charge on any atom is -0.463 e. The van der Waals surface area contributed by atoms with Gasteiger partial charge >= 0.3 is 5.97 Å². The molecule has 1 aliphatic carbocycles. The van der Waals surface area contributed by atoms with Crippen LogP contribution < -0.4 is 0 Å². The summed E-state index contributed by atoms with van der Waals surface area (Å²) < 4.78 is 5.13. The molecular formula is C20H20O2. The lowest BCUT2D eigenvalue weighted by atomic mass is 9.66. The topological polar surface area (TPSA) is 26.3 Å². The molecule has 22 heavy (non-hydrogen) atoms. The Labute approximate surface area is 131 Å². The van der Waals surface area contributed by atoms with E-state index in [4.69, 9.17) is 4.74 Å². The number of carbonyl (C=O) groups excluding carboxylic acids is 1. The highest BCUT2D eigenvalue weighted by atomic mass is 16.5. The lowest BCUT2D eigenvalue weighted by Gasteiger charge is -2.36. The number of ether oxygens (including phenoxy) is 1. The van der Waals surface area contributed by atoms with Crippen molar-refractivity contribution in [1.29, 1.82) is 0 Å². The molecule has 1 aliphatic rings. The number of carbonyl (C=O) groups is 1. The Morgan fingerprint density at radius 2 is 1.59 bits per heavy atom. The fraction of sp³-hybridized carbons (Fsp3) is 0.250. The maximum absolute atomic E-state index is 12.0. The van der Waals surface area contributed by atoms with Crippen molar-refractivity contribution in [3.63, 3.8) is 0 Å². The maximum atomic E-state index is 12.0. The second kappa shape index (κ2) is 5.45. The van der Waals surface area contributed by atoms with Gasteiger partial charge in [0, 0.05) is 11.5 Å². The standard InChI is InChI=1S/C20H20O2/c1-4-22-19(21)13-18-16-11-6-5-9-14(16)15-10-7-8-12-17(15)20(18,2)3/h5-13H,4H2,1-3H3/b18-13+. The van der Waals surface area contributed by atoms with Crippen LogP contribution in [-0.4, -0.2) is 12.6 Å². The molecule has 0 radical (unpaired) electrons. The zero-order chi connectivity index (χ0) is 15.7. The van der Waals surface area contributed by atoms with Crippen molar-refractivity contribution in [3.05, 3.63) is 65.7 Å². The Hall–Kier alpha value is -2.35. The van der Waals surface area contributed by atoms with Crippen LogP contribution in [0.15, 0.2) is 54.6 Å². The molecule has 0 amide bonds. The van der Waals surface area contributed by atoms with Gasteiger partial charge in [0.05, 0.1) is 6.61 Å². The summed E-state index contributed by atoms with van der Waals surface area (Å²) in [4.78, 5) is 12.0. The number of benzene rings is 2. The highest BCUT2D eigenvalue weighted by Gasteiger charge is 2.35. The summed E-state index contributed by atoms with van der Waals surface area (Å²) in [6, 6.07) is 16.7. The molecular weight excluding hydrogens is 272 g/mol. The lowest BCUT2D eigenvalue weighted by Crippen LogP contribution is -2.25.